The number of nitrogens with two attached hydrogens (primary N) is 1. The quantitative estimate of drug-likeness (QED) is 0.858. The Morgan fingerprint density at radius 3 is 2.89 bits per heavy atom. The van der Waals surface area contributed by atoms with Gasteiger partial charge in [-0.25, -0.2) is 4.68 Å². The molecule has 1 aromatic heterocycles. The number of nitrogen functional groups attached to an aromatic ring is 1. The van der Waals surface area contributed by atoms with Gasteiger partial charge in [0.25, 0.3) is 0 Å². The number of piperidine rings is 1. The highest BCUT2D eigenvalue weighted by Gasteiger charge is 2.24. The van der Waals surface area contributed by atoms with Crippen molar-refractivity contribution in [3.05, 3.63) is 5.69 Å². The predicted molar refractivity (Wildman–Crippen MR) is 75.9 cm³/mol. The van der Waals surface area contributed by atoms with Crippen molar-refractivity contribution in [2.45, 2.75) is 45.7 Å². The number of anilines is 2. The average molecular weight is 265 g/mol. The summed E-state index contributed by atoms with van der Waals surface area (Å²) < 4.78 is 1.93. The molecule has 0 aromatic carbocycles. The Labute approximate surface area is 113 Å². The van der Waals surface area contributed by atoms with Crippen molar-refractivity contribution in [1.29, 1.82) is 0 Å². The summed E-state index contributed by atoms with van der Waals surface area (Å²) >= 11 is 0. The Morgan fingerprint density at radius 2 is 2.26 bits per heavy atom. The molecule has 1 aliphatic rings. The molecule has 6 heteroatoms. The summed E-state index contributed by atoms with van der Waals surface area (Å²) in [5.74, 6) is 1.11. The van der Waals surface area contributed by atoms with Gasteiger partial charge in [-0.1, -0.05) is 6.92 Å². The van der Waals surface area contributed by atoms with E-state index in [0.717, 1.165) is 30.9 Å². The molecule has 19 heavy (non-hydrogen) atoms. The third-order valence-corrected chi connectivity index (χ3v) is 3.58. The Balaban J connectivity index is 2.12. The third-order valence-electron chi connectivity index (χ3n) is 3.58. The highest BCUT2D eigenvalue weighted by Crippen LogP contribution is 2.25. The van der Waals surface area contributed by atoms with E-state index in [0.29, 0.717) is 18.7 Å². The highest BCUT2D eigenvalue weighted by atomic mass is 16.2. The van der Waals surface area contributed by atoms with Crippen molar-refractivity contribution in [3.8, 4) is 0 Å². The summed E-state index contributed by atoms with van der Waals surface area (Å²) in [6.45, 7) is 5.60. The van der Waals surface area contributed by atoms with Gasteiger partial charge in [0.15, 0.2) is 0 Å². The molecule has 1 saturated heterocycles. The van der Waals surface area contributed by atoms with Gasteiger partial charge in [0.1, 0.15) is 5.82 Å². The Bertz CT molecular complexity index is 468. The number of aryl methyl sites for hydroxylation is 2. The molecule has 6 nitrogen and oxygen atoms in total. The van der Waals surface area contributed by atoms with Gasteiger partial charge < -0.3 is 16.0 Å². The van der Waals surface area contributed by atoms with Crippen LogP contribution in [0.2, 0.25) is 0 Å². The SMILES string of the molecule is CCCn1nc(C)c(N)c1NC1CCC(=O)N(C)C1. The van der Waals surface area contributed by atoms with Gasteiger partial charge in [0, 0.05) is 32.6 Å². The van der Waals surface area contributed by atoms with Gasteiger partial charge in [-0.3, -0.25) is 4.79 Å². The Morgan fingerprint density at radius 1 is 1.53 bits per heavy atom. The van der Waals surface area contributed by atoms with E-state index >= 15 is 0 Å². The van der Waals surface area contributed by atoms with Crippen LogP contribution in [0.4, 0.5) is 11.5 Å². The number of rotatable bonds is 4. The van der Waals surface area contributed by atoms with Crippen LogP contribution in [-0.2, 0) is 11.3 Å². The molecular weight excluding hydrogens is 242 g/mol. The molecule has 2 rings (SSSR count). The fourth-order valence-corrected chi connectivity index (χ4v) is 2.44. The molecule has 106 valence electrons. The number of nitrogens with one attached hydrogen (secondary N) is 1. The number of nitrogens with zero attached hydrogens (tertiary/aromatic N) is 3. The third kappa shape index (κ3) is 2.83. The molecule has 0 saturated carbocycles. The lowest BCUT2D eigenvalue weighted by atomic mass is 10.1. The van der Waals surface area contributed by atoms with Crippen LogP contribution in [0.15, 0.2) is 0 Å². The number of aromatic nitrogens is 2. The molecule has 0 bridgehead atoms. The van der Waals surface area contributed by atoms with Crippen LogP contribution >= 0.6 is 0 Å². The van der Waals surface area contributed by atoms with Crippen LogP contribution in [0.1, 0.15) is 31.9 Å². The largest absolute Gasteiger partial charge is 0.394 e. The molecule has 2 heterocycles. The van der Waals surface area contributed by atoms with E-state index in [9.17, 15) is 4.79 Å². The van der Waals surface area contributed by atoms with Crippen molar-refractivity contribution in [1.82, 2.24) is 14.7 Å². The lowest BCUT2D eigenvalue weighted by Gasteiger charge is -2.31. The second kappa shape index (κ2) is 5.50. The number of hydrogen-bond acceptors (Lipinski definition) is 4. The lowest BCUT2D eigenvalue weighted by Crippen LogP contribution is -2.43. The van der Waals surface area contributed by atoms with Gasteiger partial charge in [0.05, 0.1) is 11.4 Å². The van der Waals surface area contributed by atoms with Crippen molar-refractivity contribution in [2.75, 3.05) is 24.6 Å². The van der Waals surface area contributed by atoms with Gasteiger partial charge >= 0.3 is 0 Å². The molecule has 1 aliphatic heterocycles. The van der Waals surface area contributed by atoms with E-state index in [4.69, 9.17) is 5.73 Å². The standard InChI is InChI=1S/C13H23N5O/c1-4-7-18-13(12(14)9(2)16-18)15-10-5-6-11(19)17(3)8-10/h10,15H,4-8,14H2,1-3H3. The zero-order valence-electron chi connectivity index (χ0n) is 11.9. The molecular formula is C13H23N5O. The smallest absolute Gasteiger partial charge is 0.222 e. The van der Waals surface area contributed by atoms with Crippen LogP contribution in [-0.4, -0.2) is 40.2 Å². The first-order valence-electron chi connectivity index (χ1n) is 6.86. The summed E-state index contributed by atoms with van der Waals surface area (Å²) in [5.41, 5.74) is 7.66. The molecule has 1 amide bonds. The maximum atomic E-state index is 11.5. The molecule has 1 aromatic rings. The van der Waals surface area contributed by atoms with Crippen molar-refractivity contribution in [2.24, 2.45) is 0 Å². The second-order valence-electron chi connectivity index (χ2n) is 5.23. The predicted octanol–water partition coefficient (Wildman–Crippen LogP) is 1.22. The van der Waals surface area contributed by atoms with E-state index in [2.05, 4.69) is 17.3 Å². The minimum atomic E-state index is 0.212. The summed E-state index contributed by atoms with van der Waals surface area (Å²) in [6, 6.07) is 0.247. The van der Waals surface area contributed by atoms with Crippen LogP contribution in [0.5, 0.6) is 0 Å². The highest BCUT2D eigenvalue weighted by molar-refractivity contribution is 5.77. The second-order valence-corrected chi connectivity index (χ2v) is 5.23. The minimum absolute atomic E-state index is 0.212. The summed E-state index contributed by atoms with van der Waals surface area (Å²) in [7, 11) is 1.84. The summed E-state index contributed by atoms with van der Waals surface area (Å²) in [4.78, 5) is 13.3. The summed E-state index contributed by atoms with van der Waals surface area (Å²) in [6.07, 6.45) is 2.45. The monoisotopic (exact) mass is 265 g/mol. The zero-order valence-corrected chi connectivity index (χ0v) is 11.9. The first kappa shape index (κ1) is 13.7. The average Bonchev–Trinajstić information content (AvgIpc) is 2.62. The molecule has 1 unspecified atom stereocenters. The maximum Gasteiger partial charge on any atom is 0.222 e. The molecule has 3 N–H and O–H groups in total. The molecule has 0 radical (unpaired) electrons. The number of amides is 1. The van der Waals surface area contributed by atoms with Crippen LogP contribution < -0.4 is 11.1 Å². The molecule has 0 aliphatic carbocycles. The van der Waals surface area contributed by atoms with E-state index in [1.165, 1.54) is 0 Å². The Kier molecular flexibility index (Phi) is 3.97. The van der Waals surface area contributed by atoms with Gasteiger partial charge in [-0.2, -0.15) is 5.10 Å². The van der Waals surface area contributed by atoms with Crippen LogP contribution in [0.25, 0.3) is 0 Å². The maximum absolute atomic E-state index is 11.5. The van der Waals surface area contributed by atoms with E-state index in [1.54, 1.807) is 4.90 Å². The van der Waals surface area contributed by atoms with Crippen LogP contribution in [0.3, 0.4) is 0 Å². The lowest BCUT2D eigenvalue weighted by molar-refractivity contribution is -0.132. The van der Waals surface area contributed by atoms with Gasteiger partial charge in [-0.15, -0.1) is 0 Å². The van der Waals surface area contributed by atoms with Crippen molar-refractivity contribution >= 4 is 17.4 Å². The first-order valence-corrected chi connectivity index (χ1v) is 6.86. The van der Waals surface area contributed by atoms with Crippen LogP contribution in [0, 0.1) is 6.92 Å². The van der Waals surface area contributed by atoms with E-state index in [-0.39, 0.29) is 11.9 Å². The van der Waals surface area contributed by atoms with Crippen molar-refractivity contribution in [3.63, 3.8) is 0 Å². The fourth-order valence-electron chi connectivity index (χ4n) is 2.44. The number of carbonyl (C=O) groups excluding carboxylic acids is 1. The van der Waals surface area contributed by atoms with E-state index in [1.807, 2.05) is 18.7 Å². The Hall–Kier alpha value is -1.72. The molecule has 0 spiro atoms. The fraction of sp³-hybridized carbons (Fsp3) is 0.692. The number of likely N-dealkylation sites (N-methyl/N-ethyl adjacent to an activating group) is 1. The van der Waals surface area contributed by atoms with Gasteiger partial charge in [-0.05, 0) is 19.8 Å². The van der Waals surface area contributed by atoms with Gasteiger partial charge in [0.2, 0.25) is 5.91 Å². The zero-order chi connectivity index (χ0) is 14.0. The normalized spacial score (nSPS) is 19.8. The van der Waals surface area contributed by atoms with Crippen molar-refractivity contribution < 1.29 is 4.79 Å². The number of likely N-dealkylation sites (tertiary alicyclic amines) is 1. The molecule has 1 atom stereocenters. The topological polar surface area (TPSA) is 76.2 Å². The minimum Gasteiger partial charge on any atom is -0.394 e. The number of carbonyl (C=O) groups is 1. The molecule has 1 fully saturated rings. The summed E-state index contributed by atoms with van der Waals surface area (Å²) in [5, 5.41) is 7.90. The van der Waals surface area contributed by atoms with E-state index < -0.39 is 0 Å². The first-order chi connectivity index (χ1) is 9.02. The number of hydrogen-bond donors (Lipinski definition) is 2.